The highest BCUT2D eigenvalue weighted by Gasteiger charge is 2.29. The van der Waals surface area contributed by atoms with Crippen LogP contribution in [-0.4, -0.2) is 5.11 Å². The molecule has 3 heteroatoms. The zero-order valence-corrected chi connectivity index (χ0v) is 9.27. The topological polar surface area (TPSA) is 20.2 Å². The monoisotopic (exact) mass is 216 g/mol. The number of halogens is 2. The van der Waals surface area contributed by atoms with Crippen LogP contribution in [0.5, 0.6) is 0 Å². The Bertz CT molecular complexity index is 334. The van der Waals surface area contributed by atoms with Crippen molar-refractivity contribution in [1.82, 2.24) is 0 Å². The molecule has 0 aromatic heterocycles. The minimum atomic E-state index is -1.16. The molecule has 0 aliphatic carbocycles. The van der Waals surface area contributed by atoms with Crippen LogP contribution in [0.4, 0.5) is 4.39 Å². The molecular formula is C11H14ClFO. The molecule has 1 aromatic rings. The molecule has 0 saturated carbocycles. The summed E-state index contributed by atoms with van der Waals surface area (Å²) in [5.74, 6) is -0.519. The minimum Gasteiger partial charge on any atom is -0.385 e. The van der Waals surface area contributed by atoms with Crippen molar-refractivity contribution in [2.24, 2.45) is 5.92 Å². The Morgan fingerprint density at radius 3 is 2.43 bits per heavy atom. The van der Waals surface area contributed by atoms with Crippen LogP contribution in [0.2, 0.25) is 5.02 Å². The highest BCUT2D eigenvalue weighted by Crippen LogP contribution is 2.31. The van der Waals surface area contributed by atoms with Gasteiger partial charge in [-0.05, 0) is 25.0 Å². The molecule has 0 amide bonds. The Morgan fingerprint density at radius 2 is 2.00 bits per heavy atom. The Morgan fingerprint density at radius 1 is 1.43 bits per heavy atom. The smallest absolute Gasteiger partial charge is 0.130 e. The fourth-order valence-electron chi connectivity index (χ4n) is 1.21. The molecule has 1 unspecified atom stereocenters. The van der Waals surface area contributed by atoms with Crippen molar-refractivity contribution in [3.8, 4) is 0 Å². The molecule has 14 heavy (non-hydrogen) atoms. The molecule has 1 nitrogen and oxygen atoms in total. The Balaban J connectivity index is 3.19. The summed E-state index contributed by atoms with van der Waals surface area (Å²) in [5.41, 5.74) is -0.869. The molecule has 1 atom stereocenters. The van der Waals surface area contributed by atoms with Gasteiger partial charge in [0.05, 0.1) is 5.60 Å². The van der Waals surface area contributed by atoms with Crippen LogP contribution in [0.15, 0.2) is 18.2 Å². The lowest BCUT2D eigenvalue weighted by atomic mass is 9.85. The van der Waals surface area contributed by atoms with Crippen LogP contribution < -0.4 is 0 Å². The third-order valence-corrected chi connectivity index (χ3v) is 2.84. The lowest BCUT2D eigenvalue weighted by Crippen LogP contribution is -2.29. The predicted octanol–water partition coefficient (Wildman–Crippen LogP) is 3.34. The lowest BCUT2D eigenvalue weighted by molar-refractivity contribution is 0.00577. The summed E-state index contributed by atoms with van der Waals surface area (Å²) in [7, 11) is 0. The van der Waals surface area contributed by atoms with Crippen LogP contribution in [-0.2, 0) is 5.60 Å². The van der Waals surface area contributed by atoms with Crippen LogP contribution in [0.3, 0.4) is 0 Å². The average molecular weight is 217 g/mol. The number of benzene rings is 1. The number of hydrogen-bond acceptors (Lipinski definition) is 1. The van der Waals surface area contributed by atoms with Gasteiger partial charge < -0.3 is 5.11 Å². The van der Waals surface area contributed by atoms with Crippen molar-refractivity contribution in [2.75, 3.05) is 0 Å². The van der Waals surface area contributed by atoms with E-state index < -0.39 is 11.4 Å². The highest BCUT2D eigenvalue weighted by molar-refractivity contribution is 6.30. The van der Waals surface area contributed by atoms with E-state index in [0.29, 0.717) is 5.02 Å². The first-order valence-electron chi connectivity index (χ1n) is 4.53. The molecule has 0 fully saturated rings. The van der Waals surface area contributed by atoms with Gasteiger partial charge >= 0.3 is 0 Å². The van der Waals surface area contributed by atoms with Crippen molar-refractivity contribution >= 4 is 11.6 Å². The van der Waals surface area contributed by atoms with Gasteiger partial charge in [0.2, 0.25) is 0 Å². The molecule has 0 saturated heterocycles. The maximum atomic E-state index is 13.5. The predicted molar refractivity (Wildman–Crippen MR) is 55.8 cm³/mol. The third kappa shape index (κ3) is 2.07. The van der Waals surface area contributed by atoms with Gasteiger partial charge in [0.15, 0.2) is 0 Å². The molecule has 78 valence electrons. The van der Waals surface area contributed by atoms with Gasteiger partial charge in [-0.25, -0.2) is 4.39 Å². The molecule has 0 spiro atoms. The minimum absolute atomic E-state index is 0.0572. The fourth-order valence-corrected chi connectivity index (χ4v) is 1.37. The SMILES string of the molecule is CC(C)C(C)(O)c1ccc(Cl)cc1F. The van der Waals surface area contributed by atoms with E-state index in [9.17, 15) is 9.50 Å². The molecule has 0 radical (unpaired) electrons. The maximum absolute atomic E-state index is 13.5. The van der Waals surface area contributed by atoms with Crippen molar-refractivity contribution in [3.05, 3.63) is 34.6 Å². The van der Waals surface area contributed by atoms with Crippen LogP contribution in [0.1, 0.15) is 26.3 Å². The maximum Gasteiger partial charge on any atom is 0.130 e. The van der Waals surface area contributed by atoms with E-state index in [1.807, 2.05) is 13.8 Å². The van der Waals surface area contributed by atoms with E-state index in [2.05, 4.69) is 0 Å². The van der Waals surface area contributed by atoms with Gasteiger partial charge in [-0.1, -0.05) is 31.5 Å². The number of rotatable bonds is 2. The summed E-state index contributed by atoms with van der Waals surface area (Å²) < 4.78 is 13.5. The average Bonchev–Trinajstić information content (AvgIpc) is 2.02. The zero-order chi connectivity index (χ0) is 10.9. The summed E-state index contributed by atoms with van der Waals surface area (Å²) >= 11 is 5.62. The second-order valence-corrected chi connectivity index (χ2v) is 4.36. The number of aliphatic hydroxyl groups is 1. The van der Waals surface area contributed by atoms with Crippen molar-refractivity contribution in [1.29, 1.82) is 0 Å². The van der Waals surface area contributed by atoms with E-state index in [1.165, 1.54) is 12.1 Å². The van der Waals surface area contributed by atoms with Crippen molar-refractivity contribution < 1.29 is 9.50 Å². The van der Waals surface area contributed by atoms with E-state index in [0.717, 1.165) is 0 Å². The Kier molecular flexibility index (Phi) is 3.17. The standard InChI is InChI=1S/C11H14ClFO/c1-7(2)11(3,14)9-5-4-8(12)6-10(9)13/h4-7,14H,1-3H3. The lowest BCUT2D eigenvalue weighted by Gasteiger charge is -2.28. The van der Waals surface area contributed by atoms with Gasteiger partial charge in [0.25, 0.3) is 0 Å². The van der Waals surface area contributed by atoms with E-state index in [4.69, 9.17) is 11.6 Å². The molecule has 1 rings (SSSR count). The molecule has 0 heterocycles. The van der Waals surface area contributed by atoms with Crippen molar-refractivity contribution in [2.45, 2.75) is 26.4 Å². The van der Waals surface area contributed by atoms with Gasteiger partial charge in [0, 0.05) is 10.6 Å². The molecule has 0 aliphatic heterocycles. The van der Waals surface area contributed by atoms with Gasteiger partial charge in [-0.15, -0.1) is 0 Å². The fraction of sp³-hybridized carbons (Fsp3) is 0.455. The first-order chi connectivity index (χ1) is 6.35. The summed E-state index contributed by atoms with van der Waals surface area (Å²) in [6.07, 6.45) is 0. The normalized spacial score (nSPS) is 15.6. The molecular weight excluding hydrogens is 203 g/mol. The first-order valence-corrected chi connectivity index (χ1v) is 4.91. The van der Waals surface area contributed by atoms with Crippen LogP contribution >= 0.6 is 11.6 Å². The summed E-state index contributed by atoms with van der Waals surface area (Å²) in [6, 6.07) is 4.32. The summed E-state index contributed by atoms with van der Waals surface area (Å²) in [6.45, 7) is 5.28. The quantitative estimate of drug-likeness (QED) is 0.804. The van der Waals surface area contributed by atoms with E-state index in [1.54, 1.807) is 13.0 Å². The second-order valence-electron chi connectivity index (χ2n) is 3.93. The summed E-state index contributed by atoms with van der Waals surface area (Å²) in [4.78, 5) is 0. The first kappa shape index (κ1) is 11.5. The van der Waals surface area contributed by atoms with Gasteiger partial charge in [-0.3, -0.25) is 0 Å². The number of hydrogen-bond donors (Lipinski definition) is 1. The summed E-state index contributed by atoms with van der Waals surface area (Å²) in [5, 5.41) is 10.4. The molecule has 0 aliphatic rings. The largest absolute Gasteiger partial charge is 0.385 e. The van der Waals surface area contributed by atoms with Crippen LogP contribution in [0, 0.1) is 11.7 Å². The van der Waals surface area contributed by atoms with E-state index in [-0.39, 0.29) is 11.5 Å². The Hall–Kier alpha value is -0.600. The van der Waals surface area contributed by atoms with Gasteiger partial charge in [0.1, 0.15) is 5.82 Å². The van der Waals surface area contributed by atoms with Gasteiger partial charge in [-0.2, -0.15) is 0 Å². The Labute approximate surface area is 88.5 Å². The van der Waals surface area contributed by atoms with E-state index >= 15 is 0 Å². The van der Waals surface area contributed by atoms with Crippen molar-refractivity contribution in [3.63, 3.8) is 0 Å². The highest BCUT2D eigenvalue weighted by atomic mass is 35.5. The molecule has 0 bridgehead atoms. The third-order valence-electron chi connectivity index (χ3n) is 2.60. The molecule has 1 aromatic carbocycles. The second kappa shape index (κ2) is 3.87. The van der Waals surface area contributed by atoms with Crippen LogP contribution in [0.25, 0.3) is 0 Å². The zero-order valence-electron chi connectivity index (χ0n) is 8.51. The molecule has 1 N–H and O–H groups in total.